The molecule has 2 N–H and O–H groups in total. The van der Waals surface area contributed by atoms with Gasteiger partial charge in [-0.3, -0.25) is 0 Å². The van der Waals surface area contributed by atoms with Gasteiger partial charge >= 0.3 is 0 Å². The molecule has 1 heterocycles. The molecule has 0 aromatic heterocycles. The normalized spacial score (nSPS) is 27.4. The molecule has 1 aliphatic heterocycles. The fourth-order valence-corrected chi connectivity index (χ4v) is 9.04. The molecule has 0 amide bonds. The van der Waals surface area contributed by atoms with E-state index in [-0.39, 0.29) is 12.7 Å². The van der Waals surface area contributed by atoms with Gasteiger partial charge in [0, 0.05) is 0 Å². The van der Waals surface area contributed by atoms with Gasteiger partial charge in [0.1, 0.15) is 12.2 Å². The smallest absolute Gasteiger partial charge is 0.201 e. The van der Waals surface area contributed by atoms with Crippen LogP contribution in [0.4, 0.5) is 0 Å². The van der Waals surface area contributed by atoms with Crippen molar-refractivity contribution in [3.63, 3.8) is 0 Å². The number of rotatable bonds is 6. The van der Waals surface area contributed by atoms with Crippen LogP contribution in [0.3, 0.4) is 0 Å². The summed E-state index contributed by atoms with van der Waals surface area (Å²) in [7, 11) is -2.05. The zero-order valence-electron chi connectivity index (χ0n) is 13.5. The molecule has 0 aromatic carbocycles. The number of aliphatic hydroxyl groups excluding tert-OH is 2. The van der Waals surface area contributed by atoms with Crippen LogP contribution < -0.4 is 0 Å². The van der Waals surface area contributed by atoms with Crippen LogP contribution in [-0.4, -0.2) is 43.4 Å². The van der Waals surface area contributed by atoms with E-state index in [1.165, 1.54) is 0 Å². The maximum atomic E-state index is 10.3. The first-order valence-electron chi connectivity index (χ1n) is 7.56. The molecule has 1 aliphatic rings. The third-order valence-electron chi connectivity index (χ3n) is 4.47. The van der Waals surface area contributed by atoms with Crippen LogP contribution in [0, 0.1) is 0 Å². The quantitative estimate of drug-likeness (QED) is 0.741. The first-order valence-corrected chi connectivity index (χ1v) is 9.70. The molecule has 5 heteroatoms. The molecular weight excluding hydrogens is 272 g/mol. The molecule has 0 fully saturated rings. The van der Waals surface area contributed by atoms with Crippen molar-refractivity contribution in [3.8, 4) is 0 Å². The van der Waals surface area contributed by atoms with Gasteiger partial charge in [0.25, 0.3) is 0 Å². The Hall–Kier alpha value is -0.363. The average Bonchev–Trinajstić information content (AvgIpc) is 2.36. The number of aliphatic hydroxyl groups is 2. The van der Waals surface area contributed by atoms with Crippen LogP contribution in [0.2, 0.25) is 16.6 Å². The molecule has 20 heavy (non-hydrogen) atoms. The fraction of sp³-hybridized carbons (Fsp3) is 0.867. The Bertz CT molecular complexity index is 306. The molecule has 1 unspecified atom stereocenters. The van der Waals surface area contributed by atoms with Crippen LogP contribution in [0.15, 0.2) is 12.3 Å². The van der Waals surface area contributed by atoms with Gasteiger partial charge in [-0.05, 0) is 22.7 Å². The van der Waals surface area contributed by atoms with E-state index in [0.29, 0.717) is 16.6 Å². The van der Waals surface area contributed by atoms with Crippen LogP contribution in [0.5, 0.6) is 0 Å². The maximum Gasteiger partial charge on any atom is 0.201 e. The molecule has 0 saturated carbocycles. The fourth-order valence-electron chi connectivity index (χ4n) is 3.53. The molecule has 0 spiro atoms. The van der Waals surface area contributed by atoms with E-state index in [0.717, 1.165) is 0 Å². The average molecular weight is 302 g/mol. The minimum absolute atomic E-state index is 0.203. The van der Waals surface area contributed by atoms with Gasteiger partial charge in [-0.1, -0.05) is 41.5 Å². The van der Waals surface area contributed by atoms with Crippen molar-refractivity contribution in [2.45, 2.75) is 76.5 Å². The van der Waals surface area contributed by atoms with Crippen LogP contribution >= 0.6 is 0 Å². The molecule has 0 radical (unpaired) electrons. The first kappa shape index (κ1) is 17.7. The number of ether oxygens (including phenoxy) is 1. The van der Waals surface area contributed by atoms with Gasteiger partial charge in [0.15, 0.2) is 0 Å². The van der Waals surface area contributed by atoms with Crippen LogP contribution in [0.25, 0.3) is 0 Å². The Morgan fingerprint density at radius 1 is 1.10 bits per heavy atom. The molecule has 0 bridgehead atoms. The minimum Gasteiger partial charge on any atom is -0.493 e. The zero-order valence-corrected chi connectivity index (χ0v) is 14.5. The summed E-state index contributed by atoms with van der Waals surface area (Å²) in [6, 6.07) is 0. The highest BCUT2D eigenvalue weighted by atomic mass is 28.4. The number of hydrogen-bond donors (Lipinski definition) is 2. The van der Waals surface area contributed by atoms with Gasteiger partial charge in [-0.25, -0.2) is 0 Å². The highest BCUT2D eigenvalue weighted by Crippen LogP contribution is 2.43. The first-order chi connectivity index (χ1) is 9.27. The Morgan fingerprint density at radius 3 is 2.00 bits per heavy atom. The Morgan fingerprint density at radius 2 is 1.60 bits per heavy atom. The molecule has 0 aliphatic carbocycles. The summed E-state index contributed by atoms with van der Waals surface area (Å²) < 4.78 is 11.7. The van der Waals surface area contributed by atoms with Crippen molar-refractivity contribution < 1.29 is 19.4 Å². The van der Waals surface area contributed by atoms with Crippen molar-refractivity contribution in [3.05, 3.63) is 12.3 Å². The topological polar surface area (TPSA) is 58.9 Å². The standard InChI is InChI=1S/C15H30O4Si/c1-10(2)20(11(3)4,12(5)6)19-13-7-8-18-14(9-16)15(13)17/h7-8,10-17H,9H2,1-6H3/t13-,14?,15+/m0/s1. The van der Waals surface area contributed by atoms with E-state index in [4.69, 9.17) is 9.16 Å². The lowest BCUT2D eigenvalue weighted by atomic mass is 10.1. The van der Waals surface area contributed by atoms with Crippen molar-refractivity contribution in [1.29, 1.82) is 0 Å². The van der Waals surface area contributed by atoms with Crippen LogP contribution in [0.1, 0.15) is 41.5 Å². The van der Waals surface area contributed by atoms with Crippen molar-refractivity contribution in [2.75, 3.05) is 6.61 Å². The van der Waals surface area contributed by atoms with E-state index in [2.05, 4.69) is 41.5 Å². The molecule has 3 atom stereocenters. The molecule has 1 rings (SSSR count). The third kappa shape index (κ3) is 3.27. The van der Waals surface area contributed by atoms with Gasteiger partial charge in [0.2, 0.25) is 8.32 Å². The lowest BCUT2D eigenvalue weighted by Crippen LogP contribution is -2.54. The molecule has 4 nitrogen and oxygen atoms in total. The van der Waals surface area contributed by atoms with Crippen molar-refractivity contribution >= 4 is 8.32 Å². The summed E-state index contributed by atoms with van der Waals surface area (Å²) in [5.41, 5.74) is 1.37. The Balaban J connectivity index is 3.01. The molecule has 0 aromatic rings. The maximum absolute atomic E-state index is 10.3. The lowest BCUT2D eigenvalue weighted by molar-refractivity contribution is -0.0778. The van der Waals surface area contributed by atoms with Crippen LogP contribution in [-0.2, 0) is 9.16 Å². The molecule has 0 saturated heterocycles. The van der Waals surface area contributed by atoms with E-state index < -0.39 is 20.5 Å². The predicted molar refractivity (Wildman–Crippen MR) is 83.0 cm³/mol. The summed E-state index contributed by atoms with van der Waals surface area (Å²) >= 11 is 0. The van der Waals surface area contributed by atoms with Crippen molar-refractivity contribution in [2.24, 2.45) is 0 Å². The molecular formula is C15H30O4Si. The monoisotopic (exact) mass is 302 g/mol. The van der Waals surface area contributed by atoms with E-state index in [9.17, 15) is 10.2 Å². The summed E-state index contributed by atoms with van der Waals surface area (Å²) in [4.78, 5) is 0. The largest absolute Gasteiger partial charge is 0.493 e. The van der Waals surface area contributed by atoms with Gasteiger partial charge in [-0.15, -0.1) is 0 Å². The minimum atomic E-state index is -2.05. The molecule has 118 valence electrons. The summed E-state index contributed by atoms with van der Waals surface area (Å²) in [5, 5.41) is 19.5. The highest BCUT2D eigenvalue weighted by Gasteiger charge is 2.48. The van der Waals surface area contributed by atoms with E-state index >= 15 is 0 Å². The second kappa shape index (κ2) is 7.07. The van der Waals surface area contributed by atoms with E-state index in [1.54, 1.807) is 12.3 Å². The summed E-state index contributed by atoms with van der Waals surface area (Å²) in [6.45, 7) is 13.1. The Kier molecular flexibility index (Phi) is 6.25. The van der Waals surface area contributed by atoms with E-state index in [1.807, 2.05) is 0 Å². The SMILES string of the molecule is CC(C)[Si](O[C@H]1C=COC(CO)[C@@H]1O)(C(C)C)C(C)C. The van der Waals surface area contributed by atoms with Gasteiger partial charge < -0.3 is 19.4 Å². The van der Waals surface area contributed by atoms with Gasteiger partial charge in [-0.2, -0.15) is 0 Å². The summed E-state index contributed by atoms with van der Waals surface area (Å²) in [6.07, 6.45) is 1.51. The third-order valence-corrected chi connectivity index (χ3v) is 10.6. The predicted octanol–water partition coefficient (Wildman–Crippen LogP) is 2.81. The zero-order chi connectivity index (χ0) is 15.5. The Labute approximate surface area is 123 Å². The number of hydrogen-bond acceptors (Lipinski definition) is 4. The summed E-state index contributed by atoms with van der Waals surface area (Å²) in [5.74, 6) is 0. The highest BCUT2D eigenvalue weighted by molar-refractivity contribution is 6.77. The lowest BCUT2D eigenvalue weighted by Gasteiger charge is -2.46. The second-order valence-electron chi connectivity index (χ2n) is 6.58. The van der Waals surface area contributed by atoms with Gasteiger partial charge in [0.05, 0.1) is 19.0 Å². The second-order valence-corrected chi connectivity index (χ2v) is 12.0. The van der Waals surface area contributed by atoms with Crippen molar-refractivity contribution in [1.82, 2.24) is 0 Å².